The van der Waals surface area contributed by atoms with Gasteiger partial charge in [-0.2, -0.15) is 5.10 Å². The molecule has 0 aliphatic carbocycles. The average molecular weight is 280 g/mol. The second-order valence-corrected chi connectivity index (χ2v) is 4.84. The van der Waals surface area contributed by atoms with Crippen LogP contribution < -0.4 is 5.32 Å². The van der Waals surface area contributed by atoms with E-state index in [1.165, 1.54) is 6.20 Å². The minimum Gasteiger partial charge on any atom is -0.318 e. The summed E-state index contributed by atoms with van der Waals surface area (Å²) in [7, 11) is 1.77. The summed E-state index contributed by atoms with van der Waals surface area (Å²) in [6.45, 7) is 3.90. The number of carbonyl (C=O) groups excluding carboxylic acids is 1. The summed E-state index contributed by atoms with van der Waals surface area (Å²) in [5.74, 6) is 0.338. The first-order valence-corrected chi connectivity index (χ1v) is 6.17. The largest absolute Gasteiger partial charge is 0.318 e. The Hall–Kier alpha value is -1.95. The summed E-state index contributed by atoms with van der Waals surface area (Å²) in [6, 6.07) is 0. The highest BCUT2D eigenvalue weighted by molar-refractivity contribution is 6.33. The van der Waals surface area contributed by atoms with Crippen LogP contribution in [0.5, 0.6) is 0 Å². The minimum absolute atomic E-state index is 0.127. The lowest BCUT2D eigenvalue weighted by atomic mass is 10.2. The monoisotopic (exact) mass is 279 g/mol. The molecule has 0 fully saturated rings. The third-order valence-corrected chi connectivity index (χ3v) is 2.73. The van der Waals surface area contributed by atoms with Crippen molar-refractivity contribution in [3.05, 3.63) is 35.1 Å². The Balaban J connectivity index is 2.25. The SMILES string of the molecule is CC(C)c1ncc(Cl)c(C(=O)Nc2cnn(C)c2)n1. The van der Waals surface area contributed by atoms with Gasteiger partial charge in [-0.1, -0.05) is 25.4 Å². The lowest BCUT2D eigenvalue weighted by molar-refractivity contribution is 0.102. The van der Waals surface area contributed by atoms with Gasteiger partial charge in [0.05, 0.1) is 23.1 Å². The Labute approximate surface area is 115 Å². The summed E-state index contributed by atoms with van der Waals surface area (Å²) in [5, 5.41) is 6.88. The van der Waals surface area contributed by atoms with Crippen molar-refractivity contribution in [3.8, 4) is 0 Å². The zero-order valence-corrected chi connectivity index (χ0v) is 11.6. The molecule has 6 nitrogen and oxygen atoms in total. The molecule has 0 spiro atoms. The summed E-state index contributed by atoms with van der Waals surface area (Å²) in [4.78, 5) is 20.4. The van der Waals surface area contributed by atoms with E-state index >= 15 is 0 Å². The maximum Gasteiger partial charge on any atom is 0.276 e. The average Bonchev–Trinajstić information content (AvgIpc) is 2.74. The Kier molecular flexibility index (Phi) is 3.80. The predicted molar refractivity (Wildman–Crippen MR) is 72.3 cm³/mol. The van der Waals surface area contributed by atoms with Gasteiger partial charge in [0, 0.05) is 19.2 Å². The van der Waals surface area contributed by atoms with E-state index in [2.05, 4.69) is 20.4 Å². The molecule has 0 aliphatic heterocycles. The van der Waals surface area contributed by atoms with Crippen LogP contribution in [0.25, 0.3) is 0 Å². The van der Waals surface area contributed by atoms with Crippen molar-refractivity contribution < 1.29 is 4.79 Å². The van der Waals surface area contributed by atoms with Crippen LogP contribution >= 0.6 is 11.6 Å². The van der Waals surface area contributed by atoms with Gasteiger partial charge in [0.25, 0.3) is 5.91 Å². The molecule has 100 valence electrons. The molecule has 1 N–H and O–H groups in total. The number of aryl methyl sites for hydroxylation is 1. The van der Waals surface area contributed by atoms with Crippen molar-refractivity contribution in [2.24, 2.45) is 7.05 Å². The van der Waals surface area contributed by atoms with Crippen molar-refractivity contribution in [3.63, 3.8) is 0 Å². The molecule has 1 amide bonds. The van der Waals surface area contributed by atoms with Gasteiger partial charge in [0.1, 0.15) is 5.82 Å². The molecular formula is C12H14ClN5O. The van der Waals surface area contributed by atoms with Crippen LogP contribution in [-0.4, -0.2) is 25.7 Å². The molecule has 7 heteroatoms. The summed E-state index contributed by atoms with van der Waals surface area (Å²) in [6.07, 6.45) is 4.69. The standard InChI is InChI=1S/C12H14ClN5O/c1-7(2)11-14-5-9(13)10(17-11)12(19)16-8-4-15-18(3)6-8/h4-7H,1-3H3,(H,16,19). The van der Waals surface area contributed by atoms with E-state index in [9.17, 15) is 4.79 Å². The molecule has 2 heterocycles. The number of nitrogens with one attached hydrogen (secondary N) is 1. The molecule has 2 rings (SSSR count). The highest BCUT2D eigenvalue weighted by Crippen LogP contribution is 2.17. The van der Waals surface area contributed by atoms with E-state index in [-0.39, 0.29) is 22.5 Å². The van der Waals surface area contributed by atoms with Gasteiger partial charge in [0.15, 0.2) is 5.69 Å². The number of rotatable bonds is 3. The molecule has 0 aromatic carbocycles. The lowest BCUT2D eigenvalue weighted by Gasteiger charge is -2.07. The molecule has 0 aliphatic rings. The van der Waals surface area contributed by atoms with Crippen molar-refractivity contribution >= 4 is 23.2 Å². The zero-order chi connectivity index (χ0) is 14.0. The predicted octanol–water partition coefficient (Wildman–Crippen LogP) is 2.24. The third kappa shape index (κ3) is 3.08. The van der Waals surface area contributed by atoms with Gasteiger partial charge < -0.3 is 5.32 Å². The van der Waals surface area contributed by atoms with Crippen LogP contribution in [0, 0.1) is 0 Å². The van der Waals surface area contributed by atoms with E-state index < -0.39 is 0 Å². The van der Waals surface area contributed by atoms with Crippen molar-refractivity contribution in [1.29, 1.82) is 0 Å². The number of nitrogens with zero attached hydrogens (tertiary/aromatic N) is 4. The van der Waals surface area contributed by atoms with Gasteiger partial charge in [0.2, 0.25) is 0 Å². The van der Waals surface area contributed by atoms with Gasteiger partial charge in [-0.15, -0.1) is 0 Å². The number of anilines is 1. The van der Waals surface area contributed by atoms with Crippen LogP contribution in [0.3, 0.4) is 0 Å². The number of amides is 1. The van der Waals surface area contributed by atoms with Crippen LogP contribution in [0.2, 0.25) is 5.02 Å². The minimum atomic E-state index is -0.373. The van der Waals surface area contributed by atoms with Gasteiger partial charge in [-0.25, -0.2) is 9.97 Å². The Morgan fingerprint density at radius 3 is 2.74 bits per heavy atom. The molecule has 0 saturated carbocycles. The van der Waals surface area contributed by atoms with Gasteiger partial charge in [-0.3, -0.25) is 9.48 Å². The maximum absolute atomic E-state index is 12.1. The highest BCUT2D eigenvalue weighted by Gasteiger charge is 2.16. The summed E-state index contributed by atoms with van der Waals surface area (Å²) >= 11 is 5.96. The quantitative estimate of drug-likeness (QED) is 0.935. The van der Waals surface area contributed by atoms with Crippen LogP contribution in [0.1, 0.15) is 36.1 Å². The van der Waals surface area contributed by atoms with Crippen LogP contribution in [-0.2, 0) is 7.05 Å². The molecule has 0 atom stereocenters. The lowest BCUT2D eigenvalue weighted by Crippen LogP contribution is -2.16. The van der Waals surface area contributed by atoms with Crippen molar-refractivity contribution in [2.75, 3.05) is 5.32 Å². The number of halogens is 1. The molecule has 2 aromatic heterocycles. The molecule has 0 saturated heterocycles. The smallest absolute Gasteiger partial charge is 0.276 e. The maximum atomic E-state index is 12.1. The topological polar surface area (TPSA) is 72.7 Å². The van der Waals surface area contributed by atoms with Gasteiger partial charge >= 0.3 is 0 Å². The summed E-state index contributed by atoms with van der Waals surface area (Å²) < 4.78 is 1.59. The normalized spacial score (nSPS) is 10.8. The second kappa shape index (κ2) is 5.36. The van der Waals surface area contributed by atoms with Crippen LogP contribution in [0.15, 0.2) is 18.6 Å². The first-order chi connectivity index (χ1) is 8.97. The van der Waals surface area contributed by atoms with E-state index in [4.69, 9.17) is 11.6 Å². The number of carbonyl (C=O) groups is 1. The molecule has 2 aromatic rings. The first kappa shape index (κ1) is 13.5. The molecular weight excluding hydrogens is 266 g/mol. The fourth-order valence-electron chi connectivity index (χ4n) is 1.49. The number of hydrogen-bond acceptors (Lipinski definition) is 4. The Morgan fingerprint density at radius 1 is 1.42 bits per heavy atom. The fourth-order valence-corrected chi connectivity index (χ4v) is 1.67. The first-order valence-electron chi connectivity index (χ1n) is 5.80. The van der Waals surface area contributed by atoms with E-state index in [1.54, 1.807) is 24.1 Å². The van der Waals surface area contributed by atoms with Crippen LogP contribution in [0.4, 0.5) is 5.69 Å². The second-order valence-electron chi connectivity index (χ2n) is 4.44. The van der Waals surface area contributed by atoms with E-state index in [0.29, 0.717) is 11.5 Å². The van der Waals surface area contributed by atoms with Gasteiger partial charge in [-0.05, 0) is 0 Å². The summed E-state index contributed by atoms with van der Waals surface area (Å²) in [5.41, 5.74) is 0.762. The third-order valence-electron chi connectivity index (χ3n) is 2.46. The van der Waals surface area contributed by atoms with Crippen molar-refractivity contribution in [2.45, 2.75) is 19.8 Å². The highest BCUT2D eigenvalue weighted by atomic mass is 35.5. The fraction of sp³-hybridized carbons (Fsp3) is 0.333. The molecule has 0 radical (unpaired) electrons. The van der Waals surface area contributed by atoms with Crippen molar-refractivity contribution in [1.82, 2.24) is 19.7 Å². The molecule has 19 heavy (non-hydrogen) atoms. The molecule has 0 bridgehead atoms. The van der Waals surface area contributed by atoms with E-state index in [0.717, 1.165) is 0 Å². The number of hydrogen-bond donors (Lipinski definition) is 1. The molecule has 0 unspecified atom stereocenters. The van der Waals surface area contributed by atoms with E-state index in [1.807, 2.05) is 13.8 Å². The zero-order valence-electron chi connectivity index (χ0n) is 10.9. The number of aromatic nitrogens is 4. The Bertz CT molecular complexity index is 608. The Morgan fingerprint density at radius 2 is 2.16 bits per heavy atom.